The maximum absolute atomic E-state index is 5.08. The third-order valence-corrected chi connectivity index (χ3v) is 2.65. The molecule has 90 valence electrons. The third-order valence-electron chi connectivity index (χ3n) is 2.65. The van der Waals surface area contributed by atoms with Gasteiger partial charge in [-0.3, -0.25) is 0 Å². The number of nitrogens with zero attached hydrogens (tertiary/aromatic N) is 1. The fraction of sp³-hybridized carbons (Fsp3) is 0.286. The number of methoxy groups -OCH3 is 1. The van der Waals surface area contributed by atoms with E-state index in [0.717, 1.165) is 12.2 Å². The van der Waals surface area contributed by atoms with Crippen molar-refractivity contribution in [2.24, 2.45) is 7.05 Å². The lowest BCUT2D eigenvalue weighted by atomic mass is 10.2. The zero-order valence-electron chi connectivity index (χ0n) is 10.3. The summed E-state index contributed by atoms with van der Waals surface area (Å²) in [5.74, 6) is 0. The van der Waals surface area contributed by atoms with Gasteiger partial charge in [-0.05, 0) is 29.3 Å². The molecule has 0 aliphatic carbocycles. The first-order valence-corrected chi connectivity index (χ1v) is 5.70. The molecule has 1 N–H and O–H groups in total. The fourth-order valence-corrected chi connectivity index (χ4v) is 1.76. The van der Waals surface area contributed by atoms with Crippen LogP contribution in [0.25, 0.3) is 0 Å². The summed E-state index contributed by atoms with van der Waals surface area (Å²) in [7, 11) is 3.74. The van der Waals surface area contributed by atoms with E-state index >= 15 is 0 Å². The zero-order valence-corrected chi connectivity index (χ0v) is 10.3. The number of nitrogens with one attached hydrogen (secondary N) is 1. The summed E-state index contributed by atoms with van der Waals surface area (Å²) < 4.78 is 7.13. The maximum atomic E-state index is 5.08. The van der Waals surface area contributed by atoms with Gasteiger partial charge in [-0.15, -0.1) is 0 Å². The van der Waals surface area contributed by atoms with E-state index in [1.54, 1.807) is 7.11 Å². The molecule has 0 aliphatic rings. The first kappa shape index (κ1) is 11.7. The van der Waals surface area contributed by atoms with Crippen LogP contribution in [-0.4, -0.2) is 11.7 Å². The first-order chi connectivity index (χ1) is 8.28. The van der Waals surface area contributed by atoms with Gasteiger partial charge in [0.05, 0.1) is 6.61 Å². The second kappa shape index (κ2) is 5.55. The van der Waals surface area contributed by atoms with Gasteiger partial charge in [0, 0.05) is 38.8 Å². The van der Waals surface area contributed by atoms with E-state index in [1.165, 1.54) is 11.1 Å². The highest BCUT2D eigenvalue weighted by Crippen LogP contribution is 2.11. The lowest BCUT2D eigenvalue weighted by molar-refractivity contribution is 0.185. The van der Waals surface area contributed by atoms with E-state index in [2.05, 4.69) is 52.6 Å². The minimum Gasteiger partial charge on any atom is -0.381 e. The van der Waals surface area contributed by atoms with Crippen LogP contribution in [0.15, 0.2) is 42.7 Å². The van der Waals surface area contributed by atoms with Gasteiger partial charge in [0.2, 0.25) is 0 Å². The summed E-state index contributed by atoms with van der Waals surface area (Å²) in [6.07, 6.45) is 4.17. The molecular formula is C14H18N2O. The van der Waals surface area contributed by atoms with Crippen LogP contribution in [-0.2, 0) is 24.9 Å². The van der Waals surface area contributed by atoms with E-state index in [0.29, 0.717) is 6.61 Å². The molecule has 3 nitrogen and oxygen atoms in total. The zero-order chi connectivity index (χ0) is 12.1. The molecule has 0 fully saturated rings. The average Bonchev–Trinajstić information content (AvgIpc) is 2.75. The maximum Gasteiger partial charge on any atom is 0.0713 e. The molecular weight excluding hydrogens is 212 g/mol. The molecule has 0 saturated carbocycles. The molecule has 0 atom stereocenters. The number of hydrogen-bond donors (Lipinski definition) is 1. The van der Waals surface area contributed by atoms with Gasteiger partial charge >= 0.3 is 0 Å². The molecule has 17 heavy (non-hydrogen) atoms. The Morgan fingerprint density at radius 2 is 1.88 bits per heavy atom. The molecule has 2 rings (SSSR count). The molecule has 0 amide bonds. The Morgan fingerprint density at radius 3 is 2.47 bits per heavy atom. The summed E-state index contributed by atoms with van der Waals surface area (Å²) in [4.78, 5) is 0. The van der Waals surface area contributed by atoms with Gasteiger partial charge in [0.25, 0.3) is 0 Å². The third kappa shape index (κ3) is 3.36. The molecule has 1 aromatic heterocycles. The minimum absolute atomic E-state index is 0.666. The summed E-state index contributed by atoms with van der Waals surface area (Å²) in [5, 5.41) is 3.39. The summed E-state index contributed by atoms with van der Waals surface area (Å²) in [6.45, 7) is 1.52. The average molecular weight is 230 g/mol. The van der Waals surface area contributed by atoms with Crippen LogP contribution in [0.4, 0.5) is 5.69 Å². The standard InChI is InChI=1S/C14H18N2O/c1-16-8-7-13(10-16)9-15-14-5-3-12(4-6-14)11-17-2/h3-8,10,15H,9,11H2,1-2H3. The van der Waals surface area contributed by atoms with Crippen LogP contribution in [0.2, 0.25) is 0 Å². The van der Waals surface area contributed by atoms with Crippen LogP contribution in [0.1, 0.15) is 11.1 Å². The van der Waals surface area contributed by atoms with E-state index in [4.69, 9.17) is 4.74 Å². The smallest absolute Gasteiger partial charge is 0.0713 e. The highest BCUT2D eigenvalue weighted by molar-refractivity contribution is 5.45. The number of ether oxygens (including phenoxy) is 1. The van der Waals surface area contributed by atoms with Crippen molar-refractivity contribution in [1.29, 1.82) is 0 Å². The predicted molar refractivity (Wildman–Crippen MR) is 69.9 cm³/mol. The van der Waals surface area contributed by atoms with Crippen molar-refractivity contribution >= 4 is 5.69 Å². The monoisotopic (exact) mass is 230 g/mol. The van der Waals surface area contributed by atoms with Crippen molar-refractivity contribution in [3.05, 3.63) is 53.9 Å². The Balaban J connectivity index is 1.90. The van der Waals surface area contributed by atoms with E-state index < -0.39 is 0 Å². The minimum atomic E-state index is 0.666. The number of aromatic nitrogens is 1. The summed E-state index contributed by atoms with van der Waals surface area (Å²) in [6, 6.07) is 10.4. The van der Waals surface area contributed by atoms with Gasteiger partial charge in [0.15, 0.2) is 0 Å². The van der Waals surface area contributed by atoms with Crippen molar-refractivity contribution < 1.29 is 4.74 Å². The van der Waals surface area contributed by atoms with Crippen LogP contribution < -0.4 is 5.32 Å². The summed E-state index contributed by atoms with van der Waals surface area (Å²) in [5.41, 5.74) is 3.61. The highest BCUT2D eigenvalue weighted by atomic mass is 16.5. The van der Waals surface area contributed by atoms with Gasteiger partial charge in [-0.1, -0.05) is 12.1 Å². The molecule has 0 radical (unpaired) electrons. The van der Waals surface area contributed by atoms with Crippen molar-refractivity contribution in [2.45, 2.75) is 13.2 Å². The second-order valence-electron chi connectivity index (χ2n) is 4.17. The SMILES string of the molecule is COCc1ccc(NCc2ccn(C)c2)cc1. The van der Waals surface area contributed by atoms with Crippen LogP contribution in [0, 0.1) is 0 Å². The van der Waals surface area contributed by atoms with E-state index in [-0.39, 0.29) is 0 Å². The molecule has 2 aromatic rings. The predicted octanol–water partition coefficient (Wildman–Crippen LogP) is 2.78. The topological polar surface area (TPSA) is 26.2 Å². The lowest BCUT2D eigenvalue weighted by Crippen LogP contribution is -1.98. The molecule has 1 heterocycles. The van der Waals surface area contributed by atoms with Crippen molar-refractivity contribution in [3.63, 3.8) is 0 Å². The van der Waals surface area contributed by atoms with E-state index in [1.807, 2.05) is 7.05 Å². The fourth-order valence-electron chi connectivity index (χ4n) is 1.76. The number of anilines is 1. The molecule has 0 unspecified atom stereocenters. The number of aryl methyl sites for hydroxylation is 1. The van der Waals surface area contributed by atoms with Gasteiger partial charge in [-0.25, -0.2) is 0 Å². The highest BCUT2D eigenvalue weighted by Gasteiger charge is 1.96. The summed E-state index contributed by atoms with van der Waals surface area (Å²) >= 11 is 0. The molecule has 3 heteroatoms. The van der Waals surface area contributed by atoms with Crippen LogP contribution in [0.3, 0.4) is 0 Å². The first-order valence-electron chi connectivity index (χ1n) is 5.70. The molecule has 0 bridgehead atoms. The Morgan fingerprint density at radius 1 is 1.12 bits per heavy atom. The van der Waals surface area contributed by atoms with Gasteiger partial charge < -0.3 is 14.6 Å². The van der Waals surface area contributed by atoms with Crippen molar-refractivity contribution in [1.82, 2.24) is 4.57 Å². The van der Waals surface area contributed by atoms with Gasteiger partial charge in [0.1, 0.15) is 0 Å². The van der Waals surface area contributed by atoms with Crippen LogP contribution >= 0.6 is 0 Å². The molecule has 0 aliphatic heterocycles. The largest absolute Gasteiger partial charge is 0.381 e. The van der Waals surface area contributed by atoms with E-state index in [9.17, 15) is 0 Å². The Labute approximate surface area is 102 Å². The Kier molecular flexibility index (Phi) is 3.83. The molecule has 0 spiro atoms. The van der Waals surface area contributed by atoms with Gasteiger partial charge in [-0.2, -0.15) is 0 Å². The number of hydrogen-bond acceptors (Lipinski definition) is 2. The second-order valence-corrected chi connectivity index (χ2v) is 4.17. The number of benzene rings is 1. The lowest BCUT2D eigenvalue weighted by Gasteiger charge is -2.06. The number of rotatable bonds is 5. The Bertz CT molecular complexity index is 459. The van der Waals surface area contributed by atoms with Crippen molar-refractivity contribution in [2.75, 3.05) is 12.4 Å². The Hall–Kier alpha value is -1.74. The normalized spacial score (nSPS) is 10.5. The van der Waals surface area contributed by atoms with Crippen molar-refractivity contribution in [3.8, 4) is 0 Å². The molecule has 1 aromatic carbocycles. The quantitative estimate of drug-likeness (QED) is 0.854. The van der Waals surface area contributed by atoms with Crippen LogP contribution in [0.5, 0.6) is 0 Å². The molecule has 0 saturated heterocycles.